The summed E-state index contributed by atoms with van der Waals surface area (Å²) in [4.78, 5) is 16.6. The van der Waals surface area contributed by atoms with Crippen molar-refractivity contribution in [3.05, 3.63) is 64.5 Å². The van der Waals surface area contributed by atoms with Crippen molar-refractivity contribution >= 4 is 12.0 Å². The van der Waals surface area contributed by atoms with Gasteiger partial charge in [-0.1, -0.05) is 16.9 Å². The van der Waals surface area contributed by atoms with Crippen molar-refractivity contribution in [2.24, 2.45) is 5.92 Å². The maximum atomic E-state index is 12.4. The van der Waals surface area contributed by atoms with Gasteiger partial charge in [0.1, 0.15) is 5.75 Å². The Balaban J connectivity index is 1.06. The van der Waals surface area contributed by atoms with E-state index in [9.17, 15) is 4.79 Å². The van der Waals surface area contributed by atoms with E-state index >= 15 is 0 Å². The van der Waals surface area contributed by atoms with Crippen LogP contribution in [0.3, 0.4) is 0 Å². The third-order valence-corrected chi connectivity index (χ3v) is 6.06. The normalized spacial score (nSPS) is 14.6. The minimum absolute atomic E-state index is 0.280. The summed E-state index contributed by atoms with van der Waals surface area (Å²) in [5.41, 5.74) is 5.94. The minimum Gasteiger partial charge on any atom is -0.497 e. The van der Waals surface area contributed by atoms with Gasteiger partial charge in [-0.2, -0.15) is 10.2 Å². The highest BCUT2D eigenvalue weighted by Gasteiger charge is 2.29. The summed E-state index contributed by atoms with van der Waals surface area (Å²) in [5.74, 6) is 1.21. The molecular weight excluding hydrogens is 418 g/mol. The Morgan fingerprint density at radius 3 is 2.94 bits per heavy atom. The van der Waals surface area contributed by atoms with Crippen molar-refractivity contribution in [1.82, 2.24) is 35.5 Å². The lowest BCUT2D eigenvalue weighted by Crippen LogP contribution is -2.23. The molecule has 1 amide bonds. The summed E-state index contributed by atoms with van der Waals surface area (Å²) < 4.78 is 6.88. The monoisotopic (exact) mass is 445 g/mol. The van der Waals surface area contributed by atoms with Gasteiger partial charge < -0.3 is 10.1 Å². The second-order valence-corrected chi connectivity index (χ2v) is 8.60. The highest BCUT2D eigenvalue weighted by atomic mass is 16.5. The maximum absolute atomic E-state index is 12.4. The van der Waals surface area contributed by atoms with E-state index in [1.165, 1.54) is 24.0 Å². The molecule has 3 aromatic rings. The van der Waals surface area contributed by atoms with Gasteiger partial charge in [-0.05, 0) is 55.7 Å². The van der Waals surface area contributed by atoms with E-state index in [0.717, 1.165) is 43.0 Å². The number of unbranched alkanes of at least 4 members (excludes halogenated alkanes) is 1. The highest BCUT2D eigenvalue weighted by Crippen LogP contribution is 2.41. The van der Waals surface area contributed by atoms with E-state index in [1.54, 1.807) is 36.3 Å². The van der Waals surface area contributed by atoms with Crippen LogP contribution in [0.25, 0.3) is 6.08 Å². The van der Waals surface area contributed by atoms with Crippen LogP contribution in [-0.2, 0) is 25.9 Å². The molecule has 0 aliphatic heterocycles. The average Bonchev–Trinajstić information content (AvgIpc) is 3.43. The van der Waals surface area contributed by atoms with Crippen molar-refractivity contribution in [3.63, 3.8) is 0 Å². The fourth-order valence-electron chi connectivity index (χ4n) is 4.05. The van der Waals surface area contributed by atoms with E-state index in [-0.39, 0.29) is 5.91 Å². The van der Waals surface area contributed by atoms with Crippen LogP contribution in [0.15, 0.2) is 36.2 Å². The molecule has 33 heavy (non-hydrogen) atoms. The fraction of sp³-hybridized carbons (Fsp3) is 0.417. The highest BCUT2D eigenvalue weighted by molar-refractivity contribution is 5.91. The SMILES string of the molecule is COc1ccnc(CNC(=O)c2cn(CCCCc3cc4c(nn3)CC(C3CC3)=C4)nn2)c1. The van der Waals surface area contributed by atoms with Crippen molar-refractivity contribution < 1.29 is 9.53 Å². The number of hydrogen-bond donors (Lipinski definition) is 1. The summed E-state index contributed by atoms with van der Waals surface area (Å²) in [5, 5.41) is 19.7. The third kappa shape index (κ3) is 5.24. The van der Waals surface area contributed by atoms with Crippen molar-refractivity contribution in [2.45, 2.75) is 51.6 Å². The molecule has 1 N–H and O–H groups in total. The van der Waals surface area contributed by atoms with E-state index in [4.69, 9.17) is 4.74 Å². The van der Waals surface area contributed by atoms with Gasteiger partial charge in [0.05, 0.1) is 36.9 Å². The van der Waals surface area contributed by atoms with Crippen LogP contribution in [0.5, 0.6) is 5.75 Å². The van der Waals surface area contributed by atoms with Gasteiger partial charge in [0.2, 0.25) is 0 Å². The van der Waals surface area contributed by atoms with Crippen LogP contribution in [0.2, 0.25) is 0 Å². The van der Waals surface area contributed by atoms with Gasteiger partial charge in [-0.3, -0.25) is 14.5 Å². The molecule has 0 atom stereocenters. The number of fused-ring (bicyclic) bond motifs is 1. The van der Waals surface area contributed by atoms with Crippen LogP contribution in [-0.4, -0.2) is 43.2 Å². The molecule has 0 saturated heterocycles. The molecule has 3 aromatic heterocycles. The van der Waals surface area contributed by atoms with Gasteiger partial charge in [-0.15, -0.1) is 5.10 Å². The molecular formula is C24H27N7O2. The Hall–Kier alpha value is -3.62. The fourth-order valence-corrected chi connectivity index (χ4v) is 4.05. The number of amides is 1. The summed E-state index contributed by atoms with van der Waals surface area (Å²) >= 11 is 0. The van der Waals surface area contributed by atoms with Crippen molar-refractivity contribution in [2.75, 3.05) is 7.11 Å². The van der Waals surface area contributed by atoms with Crippen LogP contribution < -0.4 is 10.1 Å². The van der Waals surface area contributed by atoms with Crippen molar-refractivity contribution in [1.29, 1.82) is 0 Å². The number of ether oxygens (including phenoxy) is 1. The zero-order valence-corrected chi connectivity index (χ0v) is 18.7. The molecule has 0 bridgehead atoms. The number of nitrogens with zero attached hydrogens (tertiary/aromatic N) is 6. The Morgan fingerprint density at radius 1 is 1.18 bits per heavy atom. The standard InChI is InChI=1S/C24H27N7O2/c1-33-21-7-8-25-20(13-21)14-26-24(32)23-15-31(30-29-23)9-3-2-4-19-11-18-10-17(16-5-6-16)12-22(18)28-27-19/h7-8,10-11,13,15-16H,2-6,9,12,14H2,1H3,(H,26,32). The Kier molecular flexibility index (Phi) is 6.10. The summed E-state index contributed by atoms with van der Waals surface area (Å²) in [7, 11) is 1.59. The van der Waals surface area contributed by atoms with E-state index < -0.39 is 0 Å². The number of carbonyl (C=O) groups is 1. The molecule has 9 heteroatoms. The number of aryl methyl sites for hydroxylation is 2. The molecule has 0 spiro atoms. The second kappa shape index (κ2) is 9.48. The van der Waals surface area contributed by atoms with Crippen LogP contribution in [0.1, 0.15) is 58.8 Å². The van der Waals surface area contributed by atoms with Gasteiger partial charge in [0.15, 0.2) is 5.69 Å². The maximum Gasteiger partial charge on any atom is 0.273 e. The lowest BCUT2D eigenvalue weighted by Gasteiger charge is -2.04. The number of hydrogen-bond acceptors (Lipinski definition) is 7. The summed E-state index contributed by atoms with van der Waals surface area (Å²) in [6, 6.07) is 5.73. The van der Waals surface area contributed by atoms with Crippen LogP contribution in [0, 0.1) is 5.92 Å². The predicted molar refractivity (Wildman–Crippen MR) is 121 cm³/mol. The number of rotatable bonds is 10. The van der Waals surface area contributed by atoms with Gasteiger partial charge in [-0.25, -0.2) is 0 Å². The molecule has 2 aliphatic rings. The number of aromatic nitrogens is 6. The summed E-state index contributed by atoms with van der Waals surface area (Å²) in [6.07, 6.45) is 12.0. The Morgan fingerprint density at radius 2 is 2.09 bits per heavy atom. The molecule has 2 aliphatic carbocycles. The van der Waals surface area contributed by atoms with Gasteiger partial charge >= 0.3 is 0 Å². The first-order valence-corrected chi connectivity index (χ1v) is 11.4. The molecule has 5 rings (SSSR count). The molecule has 3 heterocycles. The molecule has 1 saturated carbocycles. The molecule has 1 fully saturated rings. The summed E-state index contributed by atoms with van der Waals surface area (Å²) in [6.45, 7) is 0.990. The lowest BCUT2D eigenvalue weighted by molar-refractivity contribution is 0.0945. The molecule has 0 unspecified atom stereocenters. The number of carbonyl (C=O) groups excluding carboxylic acids is 1. The van der Waals surface area contributed by atoms with Crippen LogP contribution >= 0.6 is 0 Å². The first-order valence-electron chi connectivity index (χ1n) is 11.4. The van der Waals surface area contributed by atoms with Gasteiger partial charge in [0, 0.05) is 25.2 Å². The number of allylic oxidation sites excluding steroid dienone is 1. The van der Waals surface area contributed by atoms with E-state index in [1.807, 2.05) is 0 Å². The predicted octanol–water partition coefficient (Wildman–Crippen LogP) is 2.77. The molecule has 170 valence electrons. The molecule has 0 aromatic carbocycles. The van der Waals surface area contributed by atoms with E-state index in [2.05, 4.69) is 43.0 Å². The minimum atomic E-state index is -0.280. The van der Waals surface area contributed by atoms with Crippen LogP contribution in [0.4, 0.5) is 0 Å². The Labute approximate surface area is 192 Å². The Bertz CT molecular complexity index is 1180. The second-order valence-electron chi connectivity index (χ2n) is 8.60. The van der Waals surface area contributed by atoms with Crippen molar-refractivity contribution in [3.8, 4) is 5.75 Å². The third-order valence-electron chi connectivity index (χ3n) is 6.06. The molecule has 0 radical (unpaired) electrons. The zero-order valence-electron chi connectivity index (χ0n) is 18.7. The quantitative estimate of drug-likeness (QED) is 0.478. The van der Waals surface area contributed by atoms with E-state index in [0.29, 0.717) is 30.2 Å². The zero-order chi connectivity index (χ0) is 22.6. The first kappa shape index (κ1) is 21.2. The van der Waals surface area contributed by atoms with Gasteiger partial charge in [0.25, 0.3) is 5.91 Å². The molecule has 9 nitrogen and oxygen atoms in total. The average molecular weight is 446 g/mol. The first-order chi connectivity index (χ1) is 16.2. The largest absolute Gasteiger partial charge is 0.497 e. The smallest absolute Gasteiger partial charge is 0.273 e. The number of pyridine rings is 1. The number of methoxy groups -OCH3 is 1. The lowest BCUT2D eigenvalue weighted by atomic mass is 10.1. The topological polar surface area (TPSA) is 108 Å². The number of nitrogens with one attached hydrogen (secondary N) is 1.